The molecule has 0 radical (unpaired) electrons. The monoisotopic (exact) mass is 195 g/mol. The lowest BCUT2D eigenvalue weighted by atomic mass is 10.3. The maximum atomic E-state index is 10.5. The van der Waals surface area contributed by atoms with Crippen LogP contribution in [-0.2, 0) is 14.8 Å². The second kappa shape index (κ2) is 6.39. The van der Waals surface area contributed by atoms with Crippen LogP contribution in [0.15, 0.2) is 0 Å². The van der Waals surface area contributed by atoms with Crippen LogP contribution in [-0.4, -0.2) is 27.4 Å². The Hall–Kier alpha value is -0.130. The van der Waals surface area contributed by atoms with E-state index in [9.17, 15) is 8.42 Å². The van der Waals surface area contributed by atoms with Crippen molar-refractivity contribution in [3.63, 3.8) is 0 Å². The Morgan fingerprint density at radius 2 is 1.92 bits per heavy atom. The summed E-state index contributed by atoms with van der Waals surface area (Å²) >= 11 is 0. The van der Waals surface area contributed by atoms with Gasteiger partial charge in [0.2, 0.25) is 10.0 Å². The minimum absolute atomic E-state index is 0.0825. The van der Waals surface area contributed by atoms with Crippen molar-refractivity contribution in [3.8, 4) is 0 Å². The first-order valence-corrected chi connectivity index (χ1v) is 5.86. The quantitative estimate of drug-likeness (QED) is 0.601. The van der Waals surface area contributed by atoms with Gasteiger partial charge in [-0.1, -0.05) is 6.42 Å². The third-order valence-electron chi connectivity index (χ3n) is 1.42. The van der Waals surface area contributed by atoms with Crippen LogP contribution in [0.2, 0.25) is 0 Å². The van der Waals surface area contributed by atoms with E-state index in [0.717, 1.165) is 19.4 Å². The molecular weight excluding hydrogens is 178 g/mol. The smallest absolute Gasteiger partial charge is 0.209 e. The zero-order valence-electron chi connectivity index (χ0n) is 7.45. The Morgan fingerprint density at radius 1 is 1.25 bits per heavy atom. The second-order valence-corrected chi connectivity index (χ2v) is 4.36. The molecule has 0 fully saturated rings. The van der Waals surface area contributed by atoms with Crippen LogP contribution in [0, 0.1) is 0 Å². The van der Waals surface area contributed by atoms with E-state index in [-0.39, 0.29) is 5.75 Å². The molecule has 0 aromatic heterocycles. The average Bonchev–Trinajstić information content (AvgIpc) is 1.94. The summed E-state index contributed by atoms with van der Waals surface area (Å²) in [6.07, 6.45) is 2.39. The van der Waals surface area contributed by atoms with Crippen LogP contribution in [0.25, 0.3) is 0 Å². The molecule has 0 aromatic carbocycles. The van der Waals surface area contributed by atoms with Crippen LogP contribution in [0.4, 0.5) is 0 Å². The lowest BCUT2D eigenvalue weighted by Crippen LogP contribution is -2.16. The third-order valence-corrected chi connectivity index (χ3v) is 2.28. The Labute approximate surface area is 74.1 Å². The predicted molar refractivity (Wildman–Crippen MR) is 48.3 cm³/mol. The van der Waals surface area contributed by atoms with Crippen molar-refractivity contribution in [3.05, 3.63) is 0 Å². The summed E-state index contributed by atoms with van der Waals surface area (Å²) in [5.74, 6) is 0.0825. The van der Waals surface area contributed by atoms with E-state index in [1.165, 1.54) is 0 Å². The van der Waals surface area contributed by atoms with Gasteiger partial charge in [0.25, 0.3) is 0 Å². The maximum Gasteiger partial charge on any atom is 0.209 e. The van der Waals surface area contributed by atoms with Gasteiger partial charge < -0.3 is 4.74 Å². The molecule has 0 aliphatic rings. The Balaban J connectivity index is 3.12. The van der Waals surface area contributed by atoms with Gasteiger partial charge in [0.1, 0.15) is 0 Å². The van der Waals surface area contributed by atoms with E-state index < -0.39 is 10.0 Å². The Morgan fingerprint density at radius 3 is 2.42 bits per heavy atom. The Bertz CT molecular complexity index is 189. The maximum absolute atomic E-state index is 10.5. The summed E-state index contributed by atoms with van der Waals surface area (Å²) in [4.78, 5) is 0. The molecule has 0 heterocycles. The Kier molecular flexibility index (Phi) is 6.32. The first kappa shape index (κ1) is 11.9. The van der Waals surface area contributed by atoms with Crippen LogP contribution in [0.5, 0.6) is 0 Å². The summed E-state index contributed by atoms with van der Waals surface area (Å²) in [6.45, 7) is 3.36. The number of primary sulfonamides is 1. The normalized spacial score (nSPS) is 11.8. The number of hydrogen-bond acceptors (Lipinski definition) is 3. The van der Waals surface area contributed by atoms with Gasteiger partial charge in [0.05, 0.1) is 5.75 Å². The molecule has 2 N–H and O–H groups in total. The minimum atomic E-state index is -3.26. The summed E-state index contributed by atoms with van der Waals surface area (Å²) in [5, 5.41) is 4.82. The zero-order chi connectivity index (χ0) is 9.45. The van der Waals surface area contributed by atoms with Crippen molar-refractivity contribution >= 4 is 10.0 Å². The van der Waals surface area contributed by atoms with Crippen molar-refractivity contribution < 1.29 is 13.2 Å². The van der Waals surface area contributed by atoms with E-state index in [1.54, 1.807) is 0 Å². The van der Waals surface area contributed by atoms with Gasteiger partial charge in [-0.15, -0.1) is 0 Å². The highest BCUT2D eigenvalue weighted by Crippen LogP contribution is 1.97. The molecule has 0 atom stereocenters. The zero-order valence-corrected chi connectivity index (χ0v) is 8.27. The van der Waals surface area contributed by atoms with Crippen molar-refractivity contribution in [2.24, 2.45) is 5.14 Å². The van der Waals surface area contributed by atoms with Gasteiger partial charge in [-0.05, 0) is 19.8 Å². The summed E-state index contributed by atoms with van der Waals surface area (Å²) in [5.41, 5.74) is 0. The fourth-order valence-electron chi connectivity index (χ4n) is 0.828. The molecule has 12 heavy (non-hydrogen) atoms. The molecule has 0 aromatic rings. The fraction of sp³-hybridized carbons (Fsp3) is 1.00. The summed E-state index contributed by atoms with van der Waals surface area (Å²) in [6, 6.07) is 0. The lowest BCUT2D eigenvalue weighted by molar-refractivity contribution is 0.143. The van der Waals surface area contributed by atoms with E-state index >= 15 is 0 Å². The van der Waals surface area contributed by atoms with Gasteiger partial charge in [-0.2, -0.15) is 0 Å². The topological polar surface area (TPSA) is 69.4 Å². The summed E-state index contributed by atoms with van der Waals surface area (Å²) < 4.78 is 26.0. The van der Waals surface area contributed by atoms with Crippen molar-refractivity contribution in [1.29, 1.82) is 0 Å². The molecule has 0 amide bonds. The van der Waals surface area contributed by atoms with Crippen LogP contribution in [0.1, 0.15) is 26.2 Å². The SMILES string of the molecule is CCOCCCCCS(N)(=O)=O. The molecule has 0 aliphatic carbocycles. The number of nitrogens with two attached hydrogens (primary N) is 1. The average molecular weight is 195 g/mol. The molecule has 5 heteroatoms. The van der Waals surface area contributed by atoms with Gasteiger partial charge in [0.15, 0.2) is 0 Å². The minimum Gasteiger partial charge on any atom is -0.382 e. The predicted octanol–water partition coefficient (Wildman–Crippen LogP) is 0.482. The molecule has 0 unspecified atom stereocenters. The largest absolute Gasteiger partial charge is 0.382 e. The van der Waals surface area contributed by atoms with Crippen molar-refractivity contribution in [2.45, 2.75) is 26.2 Å². The standard InChI is InChI=1S/C7H17NO3S/c1-2-11-6-4-3-5-7-12(8,9)10/h2-7H2,1H3,(H2,8,9,10). The fourth-order valence-corrected chi connectivity index (χ4v) is 1.43. The van der Waals surface area contributed by atoms with Crippen molar-refractivity contribution in [2.75, 3.05) is 19.0 Å². The molecule has 0 aliphatic heterocycles. The van der Waals surface area contributed by atoms with Crippen LogP contribution >= 0.6 is 0 Å². The third kappa shape index (κ3) is 9.87. The van der Waals surface area contributed by atoms with Crippen molar-refractivity contribution in [1.82, 2.24) is 0 Å². The first-order chi connectivity index (χ1) is 5.56. The number of unbranched alkanes of at least 4 members (excludes halogenated alkanes) is 2. The number of rotatable bonds is 7. The molecule has 74 valence electrons. The van der Waals surface area contributed by atoms with Gasteiger partial charge in [-0.25, -0.2) is 13.6 Å². The highest BCUT2D eigenvalue weighted by molar-refractivity contribution is 7.89. The first-order valence-electron chi connectivity index (χ1n) is 4.14. The number of sulfonamides is 1. The van der Waals surface area contributed by atoms with Gasteiger partial charge in [-0.3, -0.25) is 0 Å². The number of hydrogen-bond donors (Lipinski definition) is 1. The van der Waals surface area contributed by atoms with E-state index in [4.69, 9.17) is 9.88 Å². The molecular formula is C7H17NO3S. The van der Waals surface area contributed by atoms with Crippen LogP contribution < -0.4 is 5.14 Å². The molecule has 0 saturated heterocycles. The molecule has 0 saturated carbocycles. The molecule has 0 spiro atoms. The van der Waals surface area contributed by atoms with Crippen LogP contribution in [0.3, 0.4) is 0 Å². The summed E-state index contributed by atoms with van der Waals surface area (Å²) in [7, 11) is -3.26. The highest BCUT2D eigenvalue weighted by atomic mass is 32.2. The van der Waals surface area contributed by atoms with E-state index in [1.807, 2.05) is 6.92 Å². The van der Waals surface area contributed by atoms with Gasteiger partial charge >= 0.3 is 0 Å². The lowest BCUT2D eigenvalue weighted by Gasteiger charge is -2.00. The van der Waals surface area contributed by atoms with Gasteiger partial charge in [0, 0.05) is 13.2 Å². The van der Waals surface area contributed by atoms with E-state index in [2.05, 4.69) is 0 Å². The molecule has 4 nitrogen and oxygen atoms in total. The molecule has 0 bridgehead atoms. The highest BCUT2D eigenvalue weighted by Gasteiger charge is 2.00. The van der Waals surface area contributed by atoms with E-state index in [0.29, 0.717) is 13.0 Å². The number of ether oxygens (including phenoxy) is 1. The second-order valence-electron chi connectivity index (χ2n) is 2.62. The molecule has 0 rings (SSSR count).